The average Bonchev–Trinajstić information content (AvgIpc) is 3.15. The van der Waals surface area contributed by atoms with Crippen LogP contribution in [-0.2, 0) is 4.79 Å². The Hall–Kier alpha value is -3.49. The molecule has 1 aliphatic rings. The van der Waals surface area contributed by atoms with Crippen molar-refractivity contribution in [2.45, 2.75) is 0 Å². The lowest BCUT2D eigenvalue weighted by atomic mass is 10.1. The van der Waals surface area contributed by atoms with E-state index in [0.29, 0.717) is 50.9 Å². The van der Waals surface area contributed by atoms with E-state index in [2.05, 4.69) is 0 Å². The standard InChI is InChI=1S/C26H23NO5S2/c1-29-20-12-13-22(32-15-14-31-19-8-4-3-5-9-19)18(16-20)17-24-25(28)27(26(33)34-24)21-10-6-7-11-23(21)30-2/h3-13,16-17H,14-15H2,1-2H3/b24-17-. The molecule has 0 aliphatic carbocycles. The minimum Gasteiger partial charge on any atom is -0.497 e. The number of carbonyl (C=O) groups is 1. The fraction of sp³-hybridized carbons (Fsp3) is 0.154. The van der Waals surface area contributed by atoms with Gasteiger partial charge in [-0.25, -0.2) is 0 Å². The van der Waals surface area contributed by atoms with E-state index < -0.39 is 0 Å². The number of hydrogen-bond acceptors (Lipinski definition) is 7. The molecule has 1 saturated heterocycles. The van der Waals surface area contributed by atoms with Crippen molar-refractivity contribution in [3.63, 3.8) is 0 Å². The van der Waals surface area contributed by atoms with Gasteiger partial charge in [0.2, 0.25) is 0 Å². The number of anilines is 1. The van der Waals surface area contributed by atoms with Crippen LogP contribution in [-0.4, -0.2) is 37.7 Å². The number of nitrogens with zero attached hydrogens (tertiary/aromatic N) is 1. The Balaban J connectivity index is 1.54. The molecule has 1 amide bonds. The van der Waals surface area contributed by atoms with Crippen LogP contribution in [0.5, 0.6) is 23.0 Å². The van der Waals surface area contributed by atoms with E-state index in [4.69, 9.17) is 31.2 Å². The minimum absolute atomic E-state index is 0.222. The third-order valence-electron chi connectivity index (χ3n) is 4.98. The fourth-order valence-corrected chi connectivity index (χ4v) is 4.63. The van der Waals surface area contributed by atoms with E-state index in [1.165, 1.54) is 16.7 Å². The Morgan fingerprint density at radius 2 is 1.59 bits per heavy atom. The van der Waals surface area contributed by atoms with Crippen LogP contribution in [0.15, 0.2) is 77.7 Å². The van der Waals surface area contributed by atoms with Gasteiger partial charge in [-0.3, -0.25) is 9.69 Å². The summed E-state index contributed by atoms with van der Waals surface area (Å²) in [4.78, 5) is 15.2. The zero-order valence-corrected chi connectivity index (χ0v) is 20.4. The molecular formula is C26H23NO5S2. The molecule has 0 N–H and O–H groups in total. The maximum absolute atomic E-state index is 13.3. The molecular weight excluding hydrogens is 470 g/mol. The van der Waals surface area contributed by atoms with E-state index in [1.807, 2.05) is 60.7 Å². The van der Waals surface area contributed by atoms with E-state index in [-0.39, 0.29) is 5.91 Å². The second-order valence-corrected chi connectivity index (χ2v) is 8.78. The number of rotatable bonds is 9. The molecule has 0 radical (unpaired) electrons. The van der Waals surface area contributed by atoms with Gasteiger partial charge in [-0.1, -0.05) is 54.3 Å². The summed E-state index contributed by atoms with van der Waals surface area (Å²) in [6.45, 7) is 0.718. The van der Waals surface area contributed by atoms with E-state index >= 15 is 0 Å². The highest BCUT2D eigenvalue weighted by atomic mass is 32.2. The quantitative estimate of drug-likeness (QED) is 0.219. The molecule has 6 nitrogen and oxygen atoms in total. The number of benzene rings is 3. The maximum atomic E-state index is 13.3. The number of ether oxygens (including phenoxy) is 4. The largest absolute Gasteiger partial charge is 0.497 e. The van der Waals surface area contributed by atoms with Crippen LogP contribution in [0.1, 0.15) is 5.56 Å². The van der Waals surface area contributed by atoms with Gasteiger partial charge in [0, 0.05) is 5.56 Å². The molecule has 8 heteroatoms. The Morgan fingerprint density at radius 3 is 2.35 bits per heavy atom. The van der Waals surface area contributed by atoms with Gasteiger partial charge >= 0.3 is 0 Å². The molecule has 3 aromatic carbocycles. The molecule has 0 spiro atoms. The van der Waals surface area contributed by atoms with Crippen LogP contribution >= 0.6 is 24.0 Å². The van der Waals surface area contributed by atoms with Crippen LogP contribution in [0.25, 0.3) is 6.08 Å². The van der Waals surface area contributed by atoms with Crippen LogP contribution in [0.2, 0.25) is 0 Å². The lowest BCUT2D eigenvalue weighted by Crippen LogP contribution is -2.27. The predicted molar refractivity (Wildman–Crippen MR) is 139 cm³/mol. The van der Waals surface area contributed by atoms with E-state index in [0.717, 1.165) is 5.75 Å². The van der Waals surface area contributed by atoms with E-state index in [9.17, 15) is 4.79 Å². The van der Waals surface area contributed by atoms with Crippen LogP contribution in [0.3, 0.4) is 0 Å². The number of methoxy groups -OCH3 is 2. The number of para-hydroxylation sites is 3. The summed E-state index contributed by atoms with van der Waals surface area (Å²) in [5.41, 5.74) is 1.32. The van der Waals surface area contributed by atoms with Crippen LogP contribution in [0.4, 0.5) is 5.69 Å². The summed E-state index contributed by atoms with van der Waals surface area (Å²) in [5, 5.41) is 0. The van der Waals surface area contributed by atoms with Crippen molar-refractivity contribution in [2.75, 3.05) is 32.3 Å². The minimum atomic E-state index is -0.222. The SMILES string of the molecule is COc1ccc(OCCOc2ccccc2)c(/C=C2\SC(=S)N(c3ccccc3OC)C2=O)c1. The highest BCUT2D eigenvalue weighted by molar-refractivity contribution is 8.27. The van der Waals surface area contributed by atoms with Crippen molar-refractivity contribution < 1.29 is 23.7 Å². The number of amides is 1. The molecule has 1 aliphatic heterocycles. The zero-order valence-electron chi connectivity index (χ0n) is 18.7. The molecule has 174 valence electrons. The average molecular weight is 494 g/mol. The molecule has 0 aromatic heterocycles. The van der Waals surface area contributed by atoms with Gasteiger partial charge in [-0.05, 0) is 48.5 Å². The molecule has 1 heterocycles. The van der Waals surface area contributed by atoms with Gasteiger partial charge in [0.25, 0.3) is 5.91 Å². The van der Waals surface area contributed by atoms with Crippen molar-refractivity contribution >= 4 is 46.0 Å². The molecule has 4 rings (SSSR count). The normalized spacial score (nSPS) is 14.4. The Morgan fingerprint density at radius 1 is 0.853 bits per heavy atom. The first-order valence-corrected chi connectivity index (χ1v) is 11.7. The summed E-state index contributed by atoms with van der Waals surface area (Å²) in [7, 11) is 3.15. The molecule has 0 unspecified atom stereocenters. The smallest absolute Gasteiger partial charge is 0.270 e. The maximum Gasteiger partial charge on any atom is 0.270 e. The van der Waals surface area contributed by atoms with Crippen molar-refractivity contribution in [1.82, 2.24) is 0 Å². The van der Waals surface area contributed by atoms with Gasteiger partial charge in [-0.2, -0.15) is 0 Å². The summed E-state index contributed by atoms with van der Waals surface area (Å²) in [6.07, 6.45) is 1.77. The third-order valence-corrected chi connectivity index (χ3v) is 6.28. The van der Waals surface area contributed by atoms with Crippen LogP contribution < -0.4 is 23.8 Å². The molecule has 0 saturated carbocycles. The number of thioether (sulfide) groups is 1. The monoisotopic (exact) mass is 493 g/mol. The van der Waals surface area contributed by atoms with E-state index in [1.54, 1.807) is 32.4 Å². The molecule has 34 heavy (non-hydrogen) atoms. The summed E-state index contributed by atoms with van der Waals surface area (Å²) >= 11 is 6.74. The van der Waals surface area contributed by atoms with Crippen molar-refractivity contribution in [3.05, 3.63) is 83.3 Å². The van der Waals surface area contributed by atoms with Gasteiger partial charge in [0.05, 0.1) is 24.8 Å². The third kappa shape index (κ3) is 5.35. The zero-order chi connectivity index (χ0) is 23.9. The summed E-state index contributed by atoms with van der Waals surface area (Å²) in [6, 6.07) is 22.3. The molecule has 0 bridgehead atoms. The Bertz CT molecular complexity index is 1210. The van der Waals surface area contributed by atoms with Gasteiger partial charge in [0.15, 0.2) is 4.32 Å². The van der Waals surface area contributed by atoms with Crippen molar-refractivity contribution in [1.29, 1.82) is 0 Å². The van der Waals surface area contributed by atoms with Crippen molar-refractivity contribution in [3.8, 4) is 23.0 Å². The molecule has 3 aromatic rings. The topological polar surface area (TPSA) is 57.2 Å². The van der Waals surface area contributed by atoms with Crippen LogP contribution in [0, 0.1) is 0 Å². The lowest BCUT2D eigenvalue weighted by molar-refractivity contribution is -0.113. The van der Waals surface area contributed by atoms with Gasteiger partial charge in [0.1, 0.15) is 36.2 Å². The van der Waals surface area contributed by atoms with Gasteiger partial charge in [-0.15, -0.1) is 0 Å². The molecule has 1 fully saturated rings. The number of thiocarbonyl (C=S) groups is 1. The van der Waals surface area contributed by atoms with Crippen molar-refractivity contribution in [2.24, 2.45) is 0 Å². The summed E-state index contributed by atoms with van der Waals surface area (Å²) in [5.74, 6) is 2.39. The number of hydrogen-bond donors (Lipinski definition) is 0. The first kappa shape index (κ1) is 23.7. The number of carbonyl (C=O) groups excluding carboxylic acids is 1. The second kappa shape index (κ2) is 11.1. The highest BCUT2D eigenvalue weighted by Gasteiger charge is 2.35. The Kier molecular flexibility index (Phi) is 7.72. The highest BCUT2D eigenvalue weighted by Crippen LogP contribution is 2.40. The second-order valence-electron chi connectivity index (χ2n) is 7.10. The molecule has 0 atom stereocenters. The first-order valence-electron chi connectivity index (χ1n) is 10.5. The van der Waals surface area contributed by atoms with Gasteiger partial charge < -0.3 is 18.9 Å². The first-order chi connectivity index (χ1) is 16.6. The predicted octanol–water partition coefficient (Wildman–Crippen LogP) is 5.57. The lowest BCUT2D eigenvalue weighted by Gasteiger charge is -2.17. The summed E-state index contributed by atoms with van der Waals surface area (Å²) < 4.78 is 22.9. The fourth-order valence-electron chi connectivity index (χ4n) is 3.36. The Labute approximate surface area is 208 Å².